The van der Waals surface area contributed by atoms with E-state index in [1.807, 2.05) is 12.3 Å². The molecule has 1 aromatic carbocycles. The first-order chi connectivity index (χ1) is 15.9. The summed E-state index contributed by atoms with van der Waals surface area (Å²) in [6.07, 6.45) is 11.9. The summed E-state index contributed by atoms with van der Waals surface area (Å²) in [4.78, 5) is 21.1. The minimum absolute atomic E-state index is 0.0869. The predicted molar refractivity (Wildman–Crippen MR) is 134 cm³/mol. The first kappa shape index (κ1) is 22.2. The molecule has 6 atom stereocenters. The highest BCUT2D eigenvalue weighted by Crippen LogP contribution is 2.52. The Morgan fingerprint density at radius 2 is 2.06 bits per heavy atom. The van der Waals surface area contributed by atoms with Gasteiger partial charge in [0.05, 0.1) is 12.2 Å². The molecule has 2 N–H and O–H groups in total. The van der Waals surface area contributed by atoms with Gasteiger partial charge in [-0.1, -0.05) is 37.6 Å². The molecule has 174 valence electrons. The summed E-state index contributed by atoms with van der Waals surface area (Å²) in [6, 6.07) is 8.44. The van der Waals surface area contributed by atoms with Gasteiger partial charge in [-0.05, 0) is 98.5 Å². The molecule has 2 aromatic rings. The number of hydrogen-bond acceptors (Lipinski definition) is 2. The summed E-state index contributed by atoms with van der Waals surface area (Å²) in [7, 11) is 0. The lowest BCUT2D eigenvalue weighted by atomic mass is 9.67. The Bertz CT molecular complexity index is 1080. The van der Waals surface area contributed by atoms with Crippen molar-refractivity contribution in [2.45, 2.75) is 65.7 Å². The first-order valence-electron chi connectivity index (χ1n) is 12.7. The monoisotopic (exact) mass is 443 g/mol. The van der Waals surface area contributed by atoms with Gasteiger partial charge in [-0.25, -0.2) is 4.98 Å². The molecule has 3 aliphatic rings. The van der Waals surface area contributed by atoms with E-state index in [-0.39, 0.29) is 17.7 Å². The van der Waals surface area contributed by atoms with Crippen LogP contribution in [0.15, 0.2) is 59.6 Å². The number of allylic oxidation sites excluding steroid dienone is 4. The van der Waals surface area contributed by atoms with Crippen LogP contribution in [0.1, 0.15) is 77.0 Å². The number of H-pyrrole nitrogens is 1. The van der Waals surface area contributed by atoms with E-state index in [2.05, 4.69) is 67.3 Å². The van der Waals surface area contributed by atoms with Crippen molar-refractivity contribution in [3.63, 3.8) is 0 Å². The lowest BCUT2D eigenvalue weighted by molar-refractivity contribution is -0.125. The fraction of sp³-hybridized carbons (Fsp3) is 0.517. The van der Waals surface area contributed by atoms with Crippen molar-refractivity contribution in [3.8, 4) is 0 Å². The number of anilines is 1. The van der Waals surface area contributed by atoms with Gasteiger partial charge in [-0.2, -0.15) is 0 Å². The predicted octanol–water partition coefficient (Wildman–Crippen LogP) is 6.86. The third-order valence-corrected chi connectivity index (χ3v) is 8.93. The lowest BCUT2D eigenvalue weighted by Crippen LogP contribution is -2.40. The molecule has 2 bridgehead atoms. The maximum atomic E-state index is 13.5. The summed E-state index contributed by atoms with van der Waals surface area (Å²) < 4.78 is 0. The highest BCUT2D eigenvalue weighted by Gasteiger charge is 2.47. The third kappa shape index (κ3) is 4.09. The van der Waals surface area contributed by atoms with Gasteiger partial charge in [0.25, 0.3) is 0 Å². The van der Waals surface area contributed by atoms with Crippen LogP contribution in [0.2, 0.25) is 0 Å². The van der Waals surface area contributed by atoms with Gasteiger partial charge >= 0.3 is 0 Å². The number of hydrogen-bond donors (Lipinski definition) is 2. The Hall–Kier alpha value is -2.62. The first-order valence-corrected chi connectivity index (χ1v) is 12.7. The summed E-state index contributed by atoms with van der Waals surface area (Å²) in [5.74, 6) is 2.90. The molecule has 0 radical (unpaired) electrons. The van der Waals surface area contributed by atoms with Crippen molar-refractivity contribution in [2.24, 2.45) is 29.6 Å². The van der Waals surface area contributed by atoms with Gasteiger partial charge in [0.15, 0.2) is 0 Å². The van der Waals surface area contributed by atoms with Crippen molar-refractivity contribution in [1.82, 2.24) is 9.97 Å². The van der Waals surface area contributed by atoms with Crippen molar-refractivity contribution in [3.05, 3.63) is 70.8 Å². The molecular formula is C29H37N3O. The molecule has 0 aliphatic heterocycles. The van der Waals surface area contributed by atoms with Crippen LogP contribution in [-0.4, -0.2) is 15.9 Å². The largest absolute Gasteiger partial charge is 0.348 e. The molecule has 5 rings (SSSR count). The number of rotatable bonds is 5. The normalized spacial score (nSPS) is 30.2. The number of benzene rings is 1. The molecular weight excluding hydrogens is 406 g/mol. The topological polar surface area (TPSA) is 57.8 Å². The van der Waals surface area contributed by atoms with Crippen LogP contribution in [0, 0.1) is 29.6 Å². The van der Waals surface area contributed by atoms with E-state index in [1.54, 1.807) is 6.33 Å². The molecule has 1 amide bonds. The van der Waals surface area contributed by atoms with E-state index in [1.165, 1.54) is 41.5 Å². The zero-order chi connectivity index (χ0) is 23.1. The van der Waals surface area contributed by atoms with E-state index in [4.69, 9.17) is 0 Å². The average molecular weight is 444 g/mol. The SMILES string of the molecule is CC1=C(C)C(C(c2cccc(NC(=O)C3C(C)CC4CCC3C4C)c2)c2cnc[nH]2)=CCC1. The molecule has 1 heterocycles. The number of nitrogens with zero attached hydrogens (tertiary/aromatic N) is 1. The van der Waals surface area contributed by atoms with Gasteiger partial charge in [0.2, 0.25) is 5.91 Å². The molecule has 0 saturated heterocycles. The van der Waals surface area contributed by atoms with Crippen LogP contribution in [0.5, 0.6) is 0 Å². The average Bonchev–Trinajstić information content (AvgIpc) is 3.39. The third-order valence-electron chi connectivity index (χ3n) is 8.93. The molecule has 33 heavy (non-hydrogen) atoms. The van der Waals surface area contributed by atoms with Crippen LogP contribution in [0.3, 0.4) is 0 Å². The summed E-state index contributed by atoms with van der Waals surface area (Å²) >= 11 is 0. The van der Waals surface area contributed by atoms with Crippen molar-refractivity contribution in [2.75, 3.05) is 5.32 Å². The Kier molecular flexibility index (Phi) is 6.03. The molecule has 2 saturated carbocycles. The summed E-state index contributed by atoms with van der Waals surface area (Å²) in [6.45, 7) is 9.11. The zero-order valence-electron chi connectivity index (χ0n) is 20.4. The van der Waals surface area contributed by atoms with Crippen molar-refractivity contribution >= 4 is 11.6 Å². The minimum Gasteiger partial charge on any atom is -0.348 e. The van der Waals surface area contributed by atoms with E-state index < -0.39 is 0 Å². The van der Waals surface area contributed by atoms with E-state index in [0.29, 0.717) is 17.8 Å². The Balaban J connectivity index is 1.43. The molecule has 4 heteroatoms. The van der Waals surface area contributed by atoms with Crippen LogP contribution in [0.4, 0.5) is 5.69 Å². The number of nitrogens with one attached hydrogen (secondary N) is 2. The molecule has 1 aromatic heterocycles. The molecule has 2 fully saturated rings. The summed E-state index contributed by atoms with van der Waals surface area (Å²) in [5.41, 5.74) is 7.34. The number of imidazole rings is 1. The minimum atomic E-state index is 0.0869. The second-order valence-electron chi connectivity index (χ2n) is 10.8. The van der Waals surface area contributed by atoms with Gasteiger partial charge in [0, 0.05) is 23.5 Å². The molecule has 3 aliphatic carbocycles. The number of aromatic amines is 1. The van der Waals surface area contributed by atoms with E-state index >= 15 is 0 Å². The Labute approximate surface area is 198 Å². The number of aromatic nitrogens is 2. The second kappa shape index (κ2) is 8.96. The number of carbonyl (C=O) groups excluding carboxylic acids is 1. The van der Waals surface area contributed by atoms with Gasteiger partial charge in [-0.15, -0.1) is 0 Å². The maximum Gasteiger partial charge on any atom is 0.228 e. The van der Waals surface area contributed by atoms with Crippen LogP contribution in [-0.2, 0) is 4.79 Å². The van der Waals surface area contributed by atoms with Crippen LogP contribution < -0.4 is 5.32 Å². The Morgan fingerprint density at radius 1 is 1.21 bits per heavy atom. The van der Waals surface area contributed by atoms with E-state index in [9.17, 15) is 4.79 Å². The van der Waals surface area contributed by atoms with Crippen molar-refractivity contribution < 1.29 is 4.79 Å². The van der Waals surface area contributed by atoms with Gasteiger partial charge < -0.3 is 10.3 Å². The molecule has 4 nitrogen and oxygen atoms in total. The number of carbonyl (C=O) groups is 1. The molecule has 0 spiro atoms. The highest BCUT2D eigenvalue weighted by atomic mass is 16.1. The smallest absolute Gasteiger partial charge is 0.228 e. The summed E-state index contributed by atoms with van der Waals surface area (Å²) in [5, 5.41) is 3.31. The number of amides is 1. The zero-order valence-corrected chi connectivity index (χ0v) is 20.4. The Morgan fingerprint density at radius 3 is 2.85 bits per heavy atom. The highest BCUT2D eigenvalue weighted by molar-refractivity contribution is 5.93. The van der Waals surface area contributed by atoms with Crippen molar-refractivity contribution in [1.29, 1.82) is 0 Å². The standard InChI is InChI=1S/C29H37N3O/c1-17-7-5-10-24(19(17)3)28(26-15-30-16-31-26)22-8-6-9-23(14-22)32-29(33)27-18(2)13-21-11-12-25(27)20(21)4/h6,8-10,14-16,18,20-21,25,27-28H,5,7,11-13H2,1-4H3,(H,30,31)(H,32,33). The molecule has 6 unspecified atom stereocenters. The van der Waals surface area contributed by atoms with Crippen LogP contribution in [0.25, 0.3) is 0 Å². The lowest BCUT2D eigenvalue weighted by Gasteiger charge is -2.38. The number of fused-ring (bicyclic) bond motifs is 2. The van der Waals surface area contributed by atoms with E-state index in [0.717, 1.165) is 30.1 Å². The maximum absolute atomic E-state index is 13.5. The van der Waals surface area contributed by atoms with Crippen LogP contribution >= 0.6 is 0 Å². The van der Waals surface area contributed by atoms with Gasteiger partial charge in [-0.3, -0.25) is 4.79 Å². The van der Waals surface area contributed by atoms with Gasteiger partial charge in [0.1, 0.15) is 0 Å². The second-order valence-corrected chi connectivity index (χ2v) is 10.8. The quantitative estimate of drug-likeness (QED) is 0.530. The fourth-order valence-electron chi connectivity index (χ4n) is 6.96. The fourth-order valence-corrected chi connectivity index (χ4v) is 6.96.